The number of benzene rings is 1. The van der Waals surface area contributed by atoms with E-state index < -0.39 is 5.97 Å². The molecule has 0 radical (unpaired) electrons. The first-order chi connectivity index (χ1) is 9.30. The third kappa shape index (κ3) is 2.64. The van der Waals surface area contributed by atoms with Gasteiger partial charge in [0.25, 0.3) is 5.56 Å². The van der Waals surface area contributed by atoms with E-state index >= 15 is 0 Å². The van der Waals surface area contributed by atoms with Crippen molar-refractivity contribution in [2.24, 2.45) is 0 Å². The van der Waals surface area contributed by atoms with Crippen LogP contribution in [-0.2, 0) is 5.41 Å². The summed E-state index contributed by atoms with van der Waals surface area (Å²) in [5, 5.41) is 9.06. The summed E-state index contributed by atoms with van der Waals surface area (Å²) in [5.41, 5.74) is 1.41. The monoisotopic (exact) mass is 271 g/mol. The summed E-state index contributed by atoms with van der Waals surface area (Å²) in [5.74, 6) is -1.05. The Morgan fingerprint density at radius 1 is 1.10 bits per heavy atom. The number of hydrogen-bond donors (Lipinski definition) is 1. The summed E-state index contributed by atoms with van der Waals surface area (Å²) < 4.78 is 1.39. The molecule has 0 fully saturated rings. The Kier molecular flexibility index (Phi) is 3.49. The van der Waals surface area contributed by atoms with Gasteiger partial charge in [0.05, 0.1) is 11.3 Å². The fourth-order valence-corrected chi connectivity index (χ4v) is 2.12. The highest BCUT2D eigenvalue weighted by Crippen LogP contribution is 2.27. The highest BCUT2D eigenvalue weighted by atomic mass is 16.4. The van der Waals surface area contributed by atoms with Crippen LogP contribution < -0.4 is 5.56 Å². The van der Waals surface area contributed by atoms with Gasteiger partial charge in [0.15, 0.2) is 0 Å². The molecule has 1 aromatic heterocycles. The van der Waals surface area contributed by atoms with Crippen molar-refractivity contribution >= 4 is 5.97 Å². The number of para-hydroxylation sites is 1. The molecule has 0 saturated heterocycles. The molecule has 4 heteroatoms. The molecule has 1 aromatic carbocycles. The van der Waals surface area contributed by atoms with Gasteiger partial charge in [-0.1, -0.05) is 39.0 Å². The number of carbonyl (C=O) groups is 1. The Hall–Kier alpha value is -2.36. The van der Waals surface area contributed by atoms with Crippen LogP contribution in [0.1, 0.15) is 36.7 Å². The van der Waals surface area contributed by atoms with Gasteiger partial charge in [-0.3, -0.25) is 9.36 Å². The smallest absolute Gasteiger partial charge is 0.337 e. The Morgan fingerprint density at radius 2 is 1.75 bits per heavy atom. The van der Waals surface area contributed by atoms with Crippen molar-refractivity contribution in [1.29, 1.82) is 0 Å². The van der Waals surface area contributed by atoms with Crippen molar-refractivity contribution in [2.75, 3.05) is 0 Å². The van der Waals surface area contributed by atoms with E-state index in [0.717, 1.165) is 5.56 Å². The van der Waals surface area contributed by atoms with Crippen LogP contribution >= 0.6 is 0 Å². The molecule has 1 heterocycles. The van der Waals surface area contributed by atoms with Crippen molar-refractivity contribution in [1.82, 2.24) is 4.57 Å². The van der Waals surface area contributed by atoms with Gasteiger partial charge in [-0.05, 0) is 23.1 Å². The molecule has 0 amide bonds. The Balaban J connectivity index is 2.72. The van der Waals surface area contributed by atoms with Gasteiger partial charge in [0, 0.05) is 12.3 Å². The highest BCUT2D eigenvalue weighted by Gasteiger charge is 2.19. The minimum absolute atomic E-state index is 0.0910. The maximum Gasteiger partial charge on any atom is 0.337 e. The van der Waals surface area contributed by atoms with Gasteiger partial charge >= 0.3 is 5.97 Å². The molecule has 0 atom stereocenters. The lowest BCUT2D eigenvalue weighted by Crippen LogP contribution is -2.23. The van der Waals surface area contributed by atoms with Gasteiger partial charge in [0.2, 0.25) is 0 Å². The second kappa shape index (κ2) is 4.96. The van der Waals surface area contributed by atoms with Crippen LogP contribution in [0.2, 0.25) is 0 Å². The van der Waals surface area contributed by atoms with Gasteiger partial charge in [-0.2, -0.15) is 0 Å². The van der Waals surface area contributed by atoms with Gasteiger partial charge in [-0.25, -0.2) is 4.79 Å². The Labute approximate surface area is 117 Å². The van der Waals surface area contributed by atoms with Gasteiger partial charge < -0.3 is 5.11 Å². The summed E-state index contributed by atoms with van der Waals surface area (Å²) in [4.78, 5) is 23.1. The fourth-order valence-electron chi connectivity index (χ4n) is 2.12. The molecular weight excluding hydrogens is 254 g/mol. The number of aromatic nitrogens is 1. The maximum atomic E-state index is 12.0. The third-order valence-corrected chi connectivity index (χ3v) is 3.13. The van der Waals surface area contributed by atoms with Crippen molar-refractivity contribution in [3.63, 3.8) is 0 Å². The van der Waals surface area contributed by atoms with Crippen LogP contribution in [0.15, 0.2) is 47.4 Å². The highest BCUT2D eigenvalue weighted by molar-refractivity contribution is 5.87. The zero-order valence-corrected chi connectivity index (χ0v) is 11.8. The number of aromatic carboxylic acids is 1. The van der Waals surface area contributed by atoms with Crippen LogP contribution in [0, 0.1) is 0 Å². The molecule has 1 N–H and O–H groups in total. The number of nitrogens with zero attached hydrogens (tertiary/aromatic N) is 1. The molecule has 0 saturated carbocycles. The summed E-state index contributed by atoms with van der Waals surface area (Å²) >= 11 is 0. The largest absolute Gasteiger partial charge is 0.478 e. The second-order valence-corrected chi connectivity index (χ2v) is 5.70. The summed E-state index contributed by atoms with van der Waals surface area (Å²) in [6, 6.07) is 10.1. The van der Waals surface area contributed by atoms with Crippen LogP contribution in [0.25, 0.3) is 5.69 Å². The van der Waals surface area contributed by atoms with E-state index in [0.29, 0.717) is 5.69 Å². The molecule has 0 bridgehead atoms. The van der Waals surface area contributed by atoms with Gasteiger partial charge in [0.1, 0.15) is 0 Å². The molecule has 2 rings (SSSR count). The average Bonchev–Trinajstić information content (AvgIpc) is 2.38. The van der Waals surface area contributed by atoms with E-state index in [2.05, 4.69) is 20.8 Å². The van der Waals surface area contributed by atoms with Crippen LogP contribution in [0.4, 0.5) is 0 Å². The number of pyridine rings is 1. The SMILES string of the molecule is CC(C)(C)c1ccccc1-n1cc(C(=O)O)ccc1=O. The topological polar surface area (TPSA) is 59.3 Å². The zero-order chi connectivity index (χ0) is 14.9. The van der Waals surface area contributed by atoms with Crippen molar-refractivity contribution in [2.45, 2.75) is 26.2 Å². The number of carboxylic acids is 1. The first-order valence-corrected chi connectivity index (χ1v) is 6.36. The van der Waals surface area contributed by atoms with E-state index in [1.807, 2.05) is 24.3 Å². The first-order valence-electron chi connectivity index (χ1n) is 6.36. The molecule has 4 nitrogen and oxygen atoms in total. The molecule has 0 aliphatic heterocycles. The molecule has 0 aliphatic carbocycles. The van der Waals surface area contributed by atoms with Crippen molar-refractivity contribution < 1.29 is 9.90 Å². The van der Waals surface area contributed by atoms with E-state index in [1.165, 1.54) is 22.9 Å². The first kappa shape index (κ1) is 14.1. The molecule has 20 heavy (non-hydrogen) atoms. The Bertz CT molecular complexity index is 708. The zero-order valence-electron chi connectivity index (χ0n) is 11.8. The van der Waals surface area contributed by atoms with Crippen LogP contribution in [0.5, 0.6) is 0 Å². The summed E-state index contributed by atoms with van der Waals surface area (Å²) in [6.45, 7) is 6.16. The molecule has 0 aliphatic rings. The average molecular weight is 271 g/mol. The van der Waals surface area contributed by atoms with Gasteiger partial charge in [-0.15, -0.1) is 0 Å². The second-order valence-electron chi connectivity index (χ2n) is 5.70. The fraction of sp³-hybridized carbons (Fsp3) is 0.250. The minimum atomic E-state index is -1.05. The molecule has 104 valence electrons. The maximum absolute atomic E-state index is 12.0. The molecule has 0 spiro atoms. The number of rotatable bonds is 2. The van der Waals surface area contributed by atoms with E-state index in [4.69, 9.17) is 5.11 Å². The van der Waals surface area contributed by atoms with Crippen LogP contribution in [0.3, 0.4) is 0 Å². The molecule has 2 aromatic rings. The minimum Gasteiger partial charge on any atom is -0.478 e. The predicted octanol–water partition coefficient (Wildman–Crippen LogP) is 2.83. The van der Waals surface area contributed by atoms with Crippen molar-refractivity contribution in [3.05, 3.63) is 64.1 Å². The summed E-state index contributed by atoms with van der Waals surface area (Å²) in [6.07, 6.45) is 1.37. The lowest BCUT2D eigenvalue weighted by molar-refractivity contribution is 0.0696. The normalized spacial score (nSPS) is 11.3. The van der Waals surface area contributed by atoms with Crippen LogP contribution in [-0.4, -0.2) is 15.6 Å². The standard InChI is InChI=1S/C16H17NO3/c1-16(2,3)12-6-4-5-7-13(12)17-10-11(15(19)20)8-9-14(17)18/h4-10H,1-3H3,(H,19,20). The quantitative estimate of drug-likeness (QED) is 0.913. The summed E-state index contributed by atoms with van der Waals surface area (Å²) in [7, 11) is 0. The molecule has 0 unspecified atom stereocenters. The van der Waals surface area contributed by atoms with E-state index in [9.17, 15) is 9.59 Å². The lowest BCUT2D eigenvalue weighted by atomic mass is 9.85. The van der Waals surface area contributed by atoms with E-state index in [1.54, 1.807) is 0 Å². The number of carboxylic acid groups (broad SMARTS) is 1. The van der Waals surface area contributed by atoms with Crippen molar-refractivity contribution in [3.8, 4) is 5.69 Å². The predicted molar refractivity (Wildman–Crippen MR) is 77.7 cm³/mol. The number of hydrogen-bond acceptors (Lipinski definition) is 2. The third-order valence-electron chi connectivity index (χ3n) is 3.13. The molecular formula is C16H17NO3. The lowest BCUT2D eigenvalue weighted by Gasteiger charge is -2.23. The van der Waals surface area contributed by atoms with E-state index in [-0.39, 0.29) is 16.5 Å². The Morgan fingerprint density at radius 3 is 2.35 bits per heavy atom.